The second-order valence-electron chi connectivity index (χ2n) is 4.65. The molecule has 1 nitrogen and oxygen atoms in total. The molecule has 0 aliphatic heterocycles. The molecule has 0 bridgehead atoms. The lowest BCUT2D eigenvalue weighted by atomic mass is 9.83. The predicted molar refractivity (Wildman–Crippen MR) is 68.6 cm³/mol. The van der Waals surface area contributed by atoms with E-state index in [0.717, 1.165) is 5.56 Å². The van der Waals surface area contributed by atoms with Crippen molar-refractivity contribution in [3.8, 4) is 5.75 Å². The largest absolute Gasteiger partial charge is 0.507 e. The second kappa shape index (κ2) is 5.20. The Hall–Kier alpha value is -1.24. The van der Waals surface area contributed by atoms with Gasteiger partial charge in [0.15, 0.2) is 0 Å². The Kier molecular flexibility index (Phi) is 3.66. The van der Waals surface area contributed by atoms with Gasteiger partial charge in [0.2, 0.25) is 0 Å². The summed E-state index contributed by atoms with van der Waals surface area (Å²) in [6.45, 7) is 1.98. The molecule has 1 heteroatoms. The fourth-order valence-corrected chi connectivity index (χ4v) is 2.58. The molecule has 0 radical (unpaired) electrons. The normalized spacial score (nSPS) is 18.1. The molecule has 1 aromatic rings. The van der Waals surface area contributed by atoms with Crippen molar-refractivity contribution in [2.24, 2.45) is 0 Å². The number of phenols is 1. The molecule has 0 heterocycles. The van der Waals surface area contributed by atoms with Crippen molar-refractivity contribution in [2.45, 2.75) is 44.9 Å². The van der Waals surface area contributed by atoms with Crippen molar-refractivity contribution in [2.75, 3.05) is 0 Å². The quantitative estimate of drug-likeness (QED) is 0.773. The van der Waals surface area contributed by atoms with Crippen molar-refractivity contribution in [3.05, 3.63) is 35.4 Å². The van der Waals surface area contributed by atoms with Gasteiger partial charge in [0, 0.05) is 5.56 Å². The monoisotopic (exact) mass is 216 g/mol. The van der Waals surface area contributed by atoms with Gasteiger partial charge in [-0.1, -0.05) is 37.5 Å². The number of phenolic OH excluding ortho intramolecular Hbond substituents is 1. The Morgan fingerprint density at radius 2 is 1.94 bits per heavy atom. The van der Waals surface area contributed by atoms with E-state index in [4.69, 9.17) is 0 Å². The summed E-state index contributed by atoms with van der Waals surface area (Å²) in [6, 6.07) is 6.06. The van der Waals surface area contributed by atoms with Crippen molar-refractivity contribution in [3.63, 3.8) is 0 Å². The summed E-state index contributed by atoms with van der Waals surface area (Å²) >= 11 is 0. The molecule has 1 fully saturated rings. The third-order valence-corrected chi connectivity index (χ3v) is 3.47. The van der Waals surface area contributed by atoms with Gasteiger partial charge >= 0.3 is 0 Å². The van der Waals surface area contributed by atoms with Crippen LogP contribution in [0.4, 0.5) is 0 Å². The van der Waals surface area contributed by atoms with Crippen LogP contribution in [0.25, 0.3) is 6.08 Å². The maximum Gasteiger partial charge on any atom is 0.122 e. The summed E-state index contributed by atoms with van der Waals surface area (Å²) in [5, 5.41) is 9.71. The summed E-state index contributed by atoms with van der Waals surface area (Å²) in [5.41, 5.74) is 2.34. The zero-order valence-electron chi connectivity index (χ0n) is 9.95. The highest BCUT2D eigenvalue weighted by Gasteiger charge is 2.15. The highest BCUT2D eigenvalue weighted by Crippen LogP contribution is 2.34. The lowest BCUT2D eigenvalue weighted by Crippen LogP contribution is -2.04. The van der Waals surface area contributed by atoms with Crippen LogP contribution in [-0.4, -0.2) is 5.11 Å². The molecule has 1 aliphatic rings. The van der Waals surface area contributed by atoms with Crippen LogP contribution in [0.15, 0.2) is 24.3 Å². The topological polar surface area (TPSA) is 20.2 Å². The van der Waals surface area contributed by atoms with Crippen molar-refractivity contribution in [1.29, 1.82) is 0 Å². The molecule has 0 saturated heterocycles. The number of rotatable bonds is 2. The predicted octanol–water partition coefficient (Wildman–Crippen LogP) is 4.47. The maximum absolute atomic E-state index is 9.71. The SMILES string of the molecule is C/C=C\c1cc(C2CCCCC2)ccc1O. The Morgan fingerprint density at radius 1 is 1.19 bits per heavy atom. The van der Waals surface area contributed by atoms with E-state index in [9.17, 15) is 5.11 Å². The van der Waals surface area contributed by atoms with Gasteiger partial charge in [-0.15, -0.1) is 0 Å². The molecular weight excluding hydrogens is 196 g/mol. The minimum absolute atomic E-state index is 0.387. The first-order valence-electron chi connectivity index (χ1n) is 6.27. The van der Waals surface area contributed by atoms with E-state index in [0.29, 0.717) is 11.7 Å². The van der Waals surface area contributed by atoms with Crippen LogP contribution in [0.5, 0.6) is 5.75 Å². The molecule has 1 saturated carbocycles. The van der Waals surface area contributed by atoms with Gasteiger partial charge in [0.1, 0.15) is 5.75 Å². The summed E-state index contributed by atoms with van der Waals surface area (Å²) in [7, 11) is 0. The molecule has 1 aromatic carbocycles. The molecule has 0 spiro atoms. The first kappa shape index (κ1) is 11.3. The first-order chi connectivity index (χ1) is 7.81. The molecule has 0 amide bonds. The Bertz CT molecular complexity index is 373. The van der Waals surface area contributed by atoms with Crippen LogP contribution in [-0.2, 0) is 0 Å². The van der Waals surface area contributed by atoms with E-state index in [-0.39, 0.29) is 0 Å². The molecule has 16 heavy (non-hydrogen) atoms. The van der Waals surface area contributed by atoms with Gasteiger partial charge < -0.3 is 5.11 Å². The summed E-state index contributed by atoms with van der Waals surface area (Å²) in [6.07, 6.45) is 10.6. The first-order valence-corrected chi connectivity index (χ1v) is 6.27. The minimum Gasteiger partial charge on any atom is -0.507 e. The van der Waals surface area contributed by atoms with Crippen LogP contribution >= 0.6 is 0 Å². The third-order valence-electron chi connectivity index (χ3n) is 3.47. The van der Waals surface area contributed by atoms with Crippen LogP contribution in [0.1, 0.15) is 56.1 Å². The highest BCUT2D eigenvalue weighted by atomic mass is 16.3. The van der Waals surface area contributed by atoms with E-state index in [1.54, 1.807) is 0 Å². The fourth-order valence-electron chi connectivity index (χ4n) is 2.58. The summed E-state index contributed by atoms with van der Waals surface area (Å²) < 4.78 is 0. The van der Waals surface area contributed by atoms with Gasteiger partial charge in [-0.05, 0) is 43.4 Å². The van der Waals surface area contributed by atoms with Crippen LogP contribution in [0, 0.1) is 0 Å². The van der Waals surface area contributed by atoms with Crippen molar-refractivity contribution >= 4 is 6.08 Å². The average molecular weight is 216 g/mol. The van der Waals surface area contributed by atoms with Crippen molar-refractivity contribution < 1.29 is 5.11 Å². The lowest BCUT2D eigenvalue weighted by Gasteiger charge is -2.22. The average Bonchev–Trinajstić information content (AvgIpc) is 2.33. The van der Waals surface area contributed by atoms with Gasteiger partial charge in [0.05, 0.1) is 0 Å². The zero-order chi connectivity index (χ0) is 11.4. The van der Waals surface area contributed by atoms with Crippen LogP contribution < -0.4 is 0 Å². The molecular formula is C15H20O. The molecule has 2 rings (SSSR count). The van der Waals surface area contributed by atoms with E-state index in [1.807, 2.05) is 25.1 Å². The fraction of sp³-hybridized carbons (Fsp3) is 0.467. The van der Waals surface area contributed by atoms with E-state index < -0.39 is 0 Å². The molecule has 1 aliphatic carbocycles. The zero-order valence-corrected chi connectivity index (χ0v) is 9.95. The van der Waals surface area contributed by atoms with Crippen LogP contribution in [0.3, 0.4) is 0 Å². The lowest BCUT2D eigenvalue weighted by molar-refractivity contribution is 0.441. The summed E-state index contributed by atoms with van der Waals surface area (Å²) in [5.74, 6) is 1.09. The number of aromatic hydroxyl groups is 1. The van der Waals surface area contributed by atoms with Crippen molar-refractivity contribution in [1.82, 2.24) is 0 Å². The number of benzene rings is 1. The summed E-state index contributed by atoms with van der Waals surface area (Å²) in [4.78, 5) is 0. The Labute approximate surface area is 97.8 Å². The molecule has 0 aromatic heterocycles. The maximum atomic E-state index is 9.71. The van der Waals surface area contributed by atoms with Gasteiger partial charge in [-0.3, -0.25) is 0 Å². The minimum atomic E-state index is 0.387. The molecule has 0 atom stereocenters. The molecule has 86 valence electrons. The van der Waals surface area contributed by atoms with E-state index in [2.05, 4.69) is 12.1 Å². The van der Waals surface area contributed by atoms with Gasteiger partial charge in [-0.2, -0.15) is 0 Å². The third kappa shape index (κ3) is 2.46. The smallest absolute Gasteiger partial charge is 0.122 e. The molecule has 1 N–H and O–H groups in total. The second-order valence-corrected chi connectivity index (χ2v) is 4.65. The number of hydrogen-bond donors (Lipinski definition) is 1. The van der Waals surface area contributed by atoms with E-state index >= 15 is 0 Å². The van der Waals surface area contributed by atoms with Crippen LogP contribution in [0.2, 0.25) is 0 Å². The van der Waals surface area contributed by atoms with Gasteiger partial charge in [-0.25, -0.2) is 0 Å². The molecule has 0 unspecified atom stereocenters. The Balaban J connectivity index is 2.23. The number of allylic oxidation sites excluding steroid dienone is 1. The van der Waals surface area contributed by atoms with Gasteiger partial charge in [0.25, 0.3) is 0 Å². The Morgan fingerprint density at radius 3 is 2.62 bits per heavy atom. The highest BCUT2D eigenvalue weighted by molar-refractivity contribution is 5.58. The van der Waals surface area contributed by atoms with E-state index in [1.165, 1.54) is 37.7 Å². The standard InChI is InChI=1S/C15H20O/c1-2-6-14-11-13(9-10-15(14)16)12-7-4-3-5-8-12/h2,6,9-12,16H,3-5,7-8H2,1H3/b6-2-. The number of hydrogen-bond acceptors (Lipinski definition) is 1.